The van der Waals surface area contributed by atoms with Gasteiger partial charge >= 0.3 is 0 Å². The first kappa shape index (κ1) is 15.6. The number of benzene rings is 4. The maximum atomic E-state index is 5.76. The van der Waals surface area contributed by atoms with E-state index in [0.717, 1.165) is 0 Å². The molecule has 0 aliphatic carbocycles. The molecular formula is C22H19PS. The molecule has 0 saturated carbocycles. The SMILES string of the molecule is CP(C)(=S)c1cccc(-c2c3ccccc3cc3ccccc23)c1. The minimum Gasteiger partial charge on any atom is -0.0931 e. The Morgan fingerprint density at radius 3 is 1.83 bits per heavy atom. The van der Waals surface area contributed by atoms with E-state index in [2.05, 4.69) is 92.2 Å². The molecule has 0 bridgehead atoms. The molecular weight excluding hydrogens is 327 g/mol. The zero-order valence-corrected chi connectivity index (χ0v) is 15.6. The predicted molar refractivity (Wildman–Crippen MR) is 113 cm³/mol. The summed E-state index contributed by atoms with van der Waals surface area (Å²) in [5.74, 6) is 0. The first-order valence-electron chi connectivity index (χ1n) is 8.10. The Morgan fingerprint density at radius 2 is 1.25 bits per heavy atom. The molecule has 0 fully saturated rings. The fraction of sp³-hybridized carbons (Fsp3) is 0.0909. The molecule has 0 amide bonds. The molecule has 2 heteroatoms. The lowest BCUT2D eigenvalue weighted by molar-refractivity contribution is 1.70. The van der Waals surface area contributed by atoms with E-state index in [4.69, 9.17) is 11.8 Å². The second-order valence-electron chi connectivity index (χ2n) is 6.60. The maximum absolute atomic E-state index is 5.76. The van der Waals surface area contributed by atoms with E-state index in [1.54, 1.807) is 0 Å². The van der Waals surface area contributed by atoms with Crippen LogP contribution in [0, 0.1) is 0 Å². The van der Waals surface area contributed by atoms with Crippen molar-refractivity contribution in [3.63, 3.8) is 0 Å². The van der Waals surface area contributed by atoms with E-state index < -0.39 is 6.04 Å². The van der Waals surface area contributed by atoms with Gasteiger partial charge in [0, 0.05) is 0 Å². The standard InChI is InChI=1S/C22H19PS/c1-23(2,24)19-11-7-10-18(15-19)22-20-12-5-3-8-16(20)14-17-9-4-6-13-21(17)22/h3-15H,1-2H3. The first-order valence-corrected chi connectivity index (χ1v) is 11.8. The summed E-state index contributed by atoms with van der Waals surface area (Å²) < 4.78 is 0. The lowest BCUT2D eigenvalue weighted by Crippen LogP contribution is -2.02. The third-order valence-corrected chi connectivity index (χ3v) is 6.68. The van der Waals surface area contributed by atoms with Crippen LogP contribution in [0.1, 0.15) is 0 Å². The van der Waals surface area contributed by atoms with Gasteiger partial charge in [-0.25, -0.2) is 0 Å². The van der Waals surface area contributed by atoms with Gasteiger partial charge in [-0.05, 0) is 69.5 Å². The van der Waals surface area contributed by atoms with Gasteiger partial charge in [-0.1, -0.05) is 78.5 Å². The number of hydrogen-bond acceptors (Lipinski definition) is 1. The van der Waals surface area contributed by atoms with E-state index in [-0.39, 0.29) is 0 Å². The Labute approximate surface area is 148 Å². The molecule has 0 aliphatic heterocycles. The summed E-state index contributed by atoms with van der Waals surface area (Å²) in [6.45, 7) is 4.39. The van der Waals surface area contributed by atoms with E-state index in [1.165, 1.54) is 38.0 Å². The van der Waals surface area contributed by atoms with E-state index in [0.29, 0.717) is 0 Å². The summed E-state index contributed by atoms with van der Waals surface area (Å²) in [4.78, 5) is 0. The zero-order chi connectivity index (χ0) is 16.7. The molecule has 4 aromatic carbocycles. The van der Waals surface area contributed by atoms with Crippen molar-refractivity contribution < 1.29 is 0 Å². The highest BCUT2D eigenvalue weighted by Crippen LogP contribution is 2.39. The van der Waals surface area contributed by atoms with Crippen LogP contribution in [0.5, 0.6) is 0 Å². The average molecular weight is 346 g/mol. The third-order valence-electron chi connectivity index (χ3n) is 4.53. The summed E-state index contributed by atoms with van der Waals surface area (Å²) in [6.07, 6.45) is 0. The summed E-state index contributed by atoms with van der Waals surface area (Å²) in [7, 11) is 0. The van der Waals surface area contributed by atoms with E-state index in [9.17, 15) is 0 Å². The lowest BCUT2D eigenvalue weighted by Gasteiger charge is -2.15. The molecule has 0 heterocycles. The molecule has 0 aliphatic rings. The molecule has 0 aromatic heterocycles. The minimum atomic E-state index is -1.45. The van der Waals surface area contributed by atoms with Crippen molar-refractivity contribution in [2.75, 3.05) is 13.3 Å². The van der Waals surface area contributed by atoms with Gasteiger partial charge in [0.2, 0.25) is 0 Å². The normalized spacial score (nSPS) is 11.9. The minimum absolute atomic E-state index is 1.26. The zero-order valence-electron chi connectivity index (χ0n) is 13.9. The van der Waals surface area contributed by atoms with Crippen molar-refractivity contribution in [3.8, 4) is 11.1 Å². The molecule has 4 aromatic rings. The quantitative estimate of drug-likeness (QED) is 0.316. The summed E-state index contributed by atoms with van der Waals surface area (Å²) >= 11 is 5.76. The molecule has 118 valence electrons. The molecule has 0 N–H and O–H groups in total. The molecule has 4 rings (SSSR count). The summed E-state index contributed by atoms with van der Waals surface area (Å²) in [5.41, 5.74) is 2.58. The van der Waals surface area contributed by atoms with Gasteiger partial charge in [0.25, 0.3) is 0 Å². The predicted octanol–water partition coefficient (Wildman–Crippen LogP) is 6.02. The van der Waals surface area contributed by atoms with Crippen molar-refractivity contribution in [1.82, 2.24) is 0 Å². The van der Waals surface area contributed by atoms with Gasteiger partial charge in [-0.15, -0.1) is 0 Å². The Kier molecular flexibility index (Phi) is 3.79. The fourth-order valence-electron chi connectivity index (χ4n) is 3.32. The topological polar surface area (TPSA) is 0 Å². The number of fused-ring (bicyclic) bond motifs is 2. The van der Waals surface area contributed by atoms with E-state index in [1.807, 2.05) is 0 Å². The largest absolute Gasteiger partial charge is 0.0931 e. The first-order chi connectivity index (χ1) is 11.5. The lowest BCUT2D eigenvalue weighted by atomic mass is 9.92. The van der Waals surface area contributed by atoms with Gasteiger partial charge in [0.05, 0.1) is 0 Å². The maximum Gasteiger partial charge on any atom is -0.00266 e. The number of rotatable bonds is 2. The highest BCUT2D eigenvalue weighted by Gasteiger charge is 2.12. The number of hydrogen-bond donors (Lipinski definition) is 0. The second kappa shape index (κ2) is 5.84. The Hall–Kier alpha value is -1.95. The van der Waals surface area contributed by atoms with Gasteiger partial charge in [0.1, 0.15) is 0 Å². The van der Waals surface area contributed by atoms with Crippen LogP contribution < -0.4 is 5.30 Å². The molecule has 0 nitrogen and oxygen atoms in total. The highest BCUT2D eigenvalue weighted by atomic mass is 32.4. The van der Waals surface area contributed by atoms with Crippen LogP contribution in [0.15, 0.2) is 78.9 Å². The average Bonchev–Trinajstić information content (AvgIpc) is 2.59. The fourth-order valence-corrected chi connectivity index (χ4v) is 4.56. The van der Waals surface area contributed by atoms with Crippen LogP contribution in [0.2, 0.25) is 0 Å². The molecule has 0 unspecified atom stereocenters. The van der Waals surface area contributed by atoms with Crippen LogP contribution in [0.25, 0.3) is 32.7 Å². The van der Waals surface area contributed by atoms with Crippen LogP contribution in [-0.2, 0) is 11.8 Å². The Balaban J connectivity index is 2.13. The van der Waals surface area contributed by atoms with Crippen molar-refractivity contribution >= 4 is 44.7 Å². The third kappa shape index (κ3) is 2.69. The Bertz CT molecular complexity index is 1050. The monoisotopic (exact) mass is 346 g/mol. The van der Waals surface area contributed by atoms with Crippen LogP contribution in [0.4, 0.5) is 0 Å². The molecule has 0 saturated heterocycles. The van der Waals surface area contributed by atoms with Crippen LogP contribution >= 0.6 is 6.04 Å². The molecule has 0 radical (unpaired) electrons. The smallest absolute Gasteiger partial charge is 0.00266 e. The molecule has 24 heavy (non-hydrogen) atoms. The van der Waals surface area contributed by atoms with Crippen molar-refractivity contribution in [1.29, 1.82) is 0 Å². The second-order valence-corrected chi connectivity index (χ2v) is 12.6. The Morgan fingerprint density at radius 1 is 0.667 bits per heavy atom. The van der Waals surface area contributed by atoms with E-state index >= 15 is 0 Å². The van der Waals surface area contributed by atoms with Crippen molar-refractivity contribution in [2.24, 2.45) is 0 Å². The molecule has 0 spiro atoms. The molecule has 0 atom stereocenters. The van der Waals surface area contributed by atoms with Crippen LogP contribution in [-0.4, -0.2) is 13.3 Å². The summed E-state index contributed by atoms with van der Waals surface area (Å²) in [6, 6.07) is 26.9. The highest BCUT2D eigenvalue weighted by molar-refractivity contribution is 8.17. The van der Waals surface area contributed by atoms with Gasteiger partial charge in [-0.2, -0.15) is 0 Å². The van der Waals surface area contributed by atoms with Gasteiger partial charge in [-0.3, -0.25) is 0 Å². The van der Waals surface area contributed by atoms with Gasteiger partial charge in [0.15, 0.2) is 0 Å². The van der Waals surface area contributed by atoms with Crippen LogP contribution in [0.3, 0.4) is 0 Å². The summed E-state index contributed by atoms with van der Waals surface area (Å²) in [5, 5.41) is 6.46. The van der Waals surface area contributed by atoms with Crippen molar-refractivity contribution in [2.45, 2.75) is 0 Å². The van der Waals surface area contributed by atoms with Crippen molar-refractivity contribution in [3.05, 3.63) is 78.9 Å². The van der Waals surface area contributed by atoms with Gasteiger partial charge < -0.3 is 0 Å².